The lowest BCUT2D eigenvalue weighted by atomic mass is 9.71. The molecule has 0 amide bonds. The van der Waals surface area contributed by atoms with Crippen LogP contribution >= 0.6 is 0 Å². The average Bonchev–Trinajstić information content (AvgIpc) is 3.66. The number of hydroxylamine groups is 2. The highest BCUT2D eigenvalue weighted by molar-refractivity contribution is 7.86. The molecule has 0 N–H and O–H groups in total. The normalized spacial score (nSPS) is 33.9. The molecule has 52 heavy (non-hydrogen) atoms. The van der Waals surface area contributed by atoms with Gasteiger partial charge < -0.3 is 18.9 Å². The Morgan fingerprint density at radius 2 is 1.40 bits per heavy atom. The van der Waals surface area contributed by atoms with Crippen molar-refractivity contribution in [2.24, 2.45) is 23.7 Å². The molecule has 6 unspecified atom stereocenters. The van der Waals surface area contributed by atoms with Gasteiger partial charge in [-0.1, -0.05) is 77.6 Å². The van der Waals surface area contributed by atoms with E-state index in [4.69, 9.17) is 13.8 Å². The van der Waals surface area contributed by atoms with Crippen LogP contribution in [0.25, 0.3) is 0 Å². The van der Waals surface area contributed by atoms with Crippen LogP contribution in [-0.4, -0.2) is 97.4 Å². The fourth-order valence-electron chi connectivity index (χ4n) is 10.8. The molecule has 6 atom stereocenters. The molecule has 0 aromatic heterocycles. The van der Waals surface area contributed by atoms with Crippen LogP contribution in [0.3, 0.4) is 0 Å². The minimum atomic E-state index is -4.54. The smallest absolute Gasteiger partial charge is 0.364 e. The van der Waals surface area contributed by atoms with E-state index in [1.54, 1.807) is 9.64 Å². The van der Waals surface area contributed by atoms with Gasteiger partial charge >= 0.3 is 5.90 Å². The van der Waals surface area contributed by atoms with Crippen LogP contribution in [0.4, 0.5) is 0 Å². The molecular weight excluding hydrogens is 703 g/mol. The summed E-state index contributed by atoms with van der Waals surface area (Å²) in [6, 6.07) is -0.0439. The maximum Gasteiger partial charge on any atom is 0.364 e. The van der Waals surface area contributed by atoms with Crippen molar-refractivity contribution < 1.29 is 39.7 Å². The third-order valence-electron chi connectivity index (χ3n) is 13.6. The number of nitrogens with zero attached hydrogens (tertiary/aromatic N) is 3. The van der Waals surface area contributed by atoms with Gasteiger partial charge in [0.05, 0.1) is 17.9 Å². The van der Waals surface area contributed by atoms with Crippen LogP contribution in [0.15, 0.2) is 23.6 Å². The Balaban J connectivity index is 1.14. The van der Waals surface area contributed by atoms with E-state index in [0.717, 1.165) is 69.3 Å². The van der Waals surface area contributed by atoms with Crippen molar-refractivity contribution in [1.29, 1.82) is 0 Å². The van der Waals surface area contributed by atoms with Gasteiger partial charge in [0.15, 0.2) is 28.1 Å². The highest BCUT2D eigenvalue weighted by Gasteiger charge is 2.49. The van der Waals surface area contributed by atoms with Gasteiger partial charge in [0.1, 0.15) is 6.10 Å². The lowest BCUT2D eigenvalue weighted by Crippen LogP contribution is -2.43. The zero-order valence-corrected chi connectivity index (χ0v) is 33.0. The summed E-state index contributed by atoms with van der Waals surface area (Å²) in [6.07, 6.45) is 26.0. The summed E-state index contributed by atoms with van der Waals surface area (Å²) in [5.41, 5.74) is 0.890. The van der Waals surface area contributed by atoms with E-state index in [1.165, 1.54) is 64.2 Å². The van der Waals surface area contributed by atoms with Crippen molar-refractivity contribution >= 4 is 26.1 Å². The Hall–Kier alpha value is -1.67. The first-order chi connectivity index (χ1) is 25.0. The lowest BCUT2D eigenvalue weighted by Gasteiger charge is -2.39. The van der Waals surface area contributed by atoms with Gasteiger partial charge in [-0.2, -0.15) is 22.3 Å². The van der Waals surface area contributed by atoms with E-state index in [0.29, 0.717) is 49.0 Å². The topological polar surface area (TPSA) is 129 Å². The predicted molar refractivity (Wildman–Crippen MR) is 198 cm³/mol. The summed E-state index contributed by atoms with van der Waals surface area (Å²) in [6.45, 7) is 3.58. The molecule has 6 fully saturated rings. The van der Waals surface area contributed by atoms with Crippen LogP contribution < -0.4 is 0 Å². The van der Waals surface area contributed by atoms with Gasteiger partial charge in [-0.3, -0.25) is 0 Å². The Morgan fingerprint density at radius 3 is 2.04 bits per heavy atom. The number of hydrogen-bond donors (Lipinski definition) is 0. The van der Waals surface area contributed by atoms with Crippen molar-refractivity contribution in [2.45, 2.75) is 160 Å². The molecule has 0 bridgehead atoms. The first kappa shape index (κ1) is 38.6. The van der Waals surface area contributed by atoms with Crippen molar-refractivity contribution in [3.8, 4) is 0 Å². The molecule has 0 radical (unpaired) electrons. The third-order valence-corrected chi connectivity index (χ3v) is 15.3. The van der Waals surface area contributed by atoms with Gasteiger partial charge in [-0.15, -0.1) is 0 Å². The van der Waals surface area contributed by atoms with Crippen molar-refractivity contribution in [2.75, 3.05) is 31.3 Å². The highest BCUT2D eigenvalue weighted by Crippen LogP contribution is 2.45. The van der Waals surface area contributed by atoms with E-state index < -0.39 is 26.1 Å². The second-order valence-corrected chi connectivity index (χ2v) is 20.0. The molecule has 7 aliphatic rings. The zero-order valence-electron chi connectivity index (χ0n) is 31.4. The molecule has 0 aromatic rings. The lowest BCUT2D eigenvalue weighted by molar-refractivity contribution is -0.546. The summed E-state index contributed by atoms with van der Waals surface area (Å²) in [5.74, 6) is 2.90. The van der Waals surface area contributed by atoms with Gasteiger partial charge in [-0.05, 0) is 80.6 Å². The molecule has 4 saturated carbocycles. The summed E-state index contributed by atoms with van der Waals surface area (Å²) in [7, 11) is -8.34. The number of hydrogen-bond acceptors (Lipinski definition) is 10. The third kappa shape index (κ3) is 9.58. The molecular formula is C39H63N3O8S2. The van der Waals surface area contributed by atoms with Gasteiger partial charge in [0.25, 0.3) is 10.1 Å². The second-order valence-electron chi connectivity index (χ2n) is 17.0. The number of ether oxygens (including phenoxy) is 2. The number of allylic oxidation sites excluding steroid dienone is 2. The maximum atomic E-state index is 13.3. The Bertz CT molecular complexity index is 1540. The summed E-state index contributed by atoms with van der Waals surface area (Å²) in [5, 5.41) is 1.60. The Morgan fingerprint density at radius 1 is 0.788 bits per heavy atom. The molecule has 294 valence electrons. The standard InChI is InChI=1S/C39H63N3O8S2/c1-2-29(25-39-42(28-51(43,44)45)35-27-33(17-19-37(35)49-39)31-14-8-4-9-15-31)24-38-41(22-23-52(46,47)50-40-20-10-5-11-21-40)34-26-32(16-18-36(34)48-38)30-12-6-3-7-13-30/h24-25,30-37H,2-23,26-28H2,1H3. The molecule has 0 aromatic carbocycles. The fraction of sp³-hybridized carbons (Fsp3) is 0.872. The average molecular weight is 766 g/mol. The molecule has 3 aliphatic heterocycles. The van der Waals surface area contributed by atoms with Crippen LogP contribution in [-0.2, 0) is 34.0 Å². The van der Waals surface area contributed by atoms with Crippen molar-refractivity contribution in [3.63, 3.8) is 0 Å². The van der Waals surface area contributed by atoms with Crippen LogP contribution in [0.2, 0.25) is 0 Å². The molecule has 4 aliphatic carbocycles. The molecule has 3 heterocycles. The van der Waals surface area contributed by atoms with E-state index in [2.05, 4.69) is 4.90 Å². The molecule has 2 saturated heterocycles. The number of fused-ring (bicyclic) bond motifs is 2. The molecule has 0 spiro atoms. The minimum absolute atomic E-state index is 0.00741. The van der Waals surface area contributed by atoms with E-state index >= 15 is 0 Å². The maximum absolute atomic E-state index is 13.3. The largest absolute Gasteiger partial charge is 0.743 e. The number of piperidine rings is 1. The Labute approximate surface area is 313 Å². The first-order valence-electron chi connectivity index (χ1n) is 20.8. The SMILES string of the molecule is CCC(=C/C1=[N+](CS(=O)(=O)[O-])C2CC(C3CCCCC3)CCC2O1)/C=C1\OC2CCC(C3CCCCC3)CC2N1CCS(=O)(=O)ON1CCCCC1. The molecule has 11 nitrogen and oxygen atoms in total. The van der Waals surface area contributed by atoms with Gasteiger partial charge in [-0.25, -0.2) is 8.42 Å². The fourth-order valence-corrected chi connectivity index (χ4v) is 12.4. The van der Waals surface area contributed by atoms with Gasteiger partial charge in [0, 0.05) is 32.1 Å². The van der Waals surface area contributed by atoms with Crippen LogP contribution in [0, 0.1) is 23.7 Å². The van der Waals surface area contributed by atoms with Crippen molar-refractivity contribution in [3.05, 3.63) is 23.6 Å². The first-order valence-corrected chi connectivity index (χ1v) is 24.0. The zero-order chi connectivity index (χ0) is 36.3. The van der Waals surface area contributed by atoms with E-state index in [-0.39, 0.29) is 36.6 Å². The minimum Gasteiger partial charge on any atom is -0.743 e. The summed E-state index contributed by atoms with van der Waals surface area (Å²) in [4.78, 5) is 2.18. The van der Waals surface area contributed by atoms with E-state index in [9.17, 15) is 21.4 Å². The second kappa shape index (κ2) is 17.0. The van der Waals surface area contributed by atoms with Crippen molar-refractivity contribution in [1.82, 2.24) is 9.96 Å². The number of rotatable bonds is 12. The Kier molecular flexibility index (Phi) is 12.6. The quantitative estimate of drug-likeness (QED) is 0.162. The van der Waals surface area contributed by atoms with E-state index in [1.807, 2.05) is 19.1 Å². The monoisotopic (exact) mass is 765 g/mol. The van der Waals surface area contributed by atoms with Crippen LogP contribution in [0.1, 0.15) is 135 Å². The predicted octanol–water partition coefficient (Wildman–Crippen LogP) is 6.42. The summed E-state index contributed by atoms with van der Waals surface area (Å²) >= 11 is 0. The molecule has 13 heteroatoms. The van der Waals surface area contributed by atoms with Gasteiger partial charge in [0.2, 0.25) is 5.88 Å². The summed E-state index contributed by atoms with van der Waals surface area (Å²) < 4.78 is 83.8. The molecule has 7 rings (SSSR count). The van der Waals surface area contributed by atoms with Crippen LogP contribution in [0.5, 0.6) is 0 Å². The highest BCUT2D eigenvalue weighted by atomic mass is 32.2.